The molecule has 0 aromatic carbocycles. The van der Waals surface area contributed by atoms with Gasteiger partial charge >= 0.3 is 0 Å². The third kappa shape index (κ3) is 2.89. The van der Waals surface area contributed by atoms with Gasteiger partial charge in [0.25, 0.3) is 0 Å². The van der Waals surface area contributed by atoms with Crippen LogP contribution in [0.5, 0.6) is 0 Å². The molecule has 1 atom stereocenters. The van der Waals surface area contributed by atoms with Crippen molar-refractivity contribution >= 4 is 11.8 Å². The number of nitrogens with zero attached hydrogens (tertiary/aromatic N) is 3. The molecule has 18 heavy (non-hydrogen) atoms. The van der Waals surface area contributed by atoms with Crippen LogP contribution in [0.15, 0.2) is 6.20 Å². The Morgan fingerprint density at radius 3 is 3.06 bits per heavy atom. The Labute approximate surface area is 108 Å². The maximum Gasteiger partial charge on any atom is 0.224 e. The van der Waals surface area contributed by atoms with Gasteiger partial charge in [-0.3, -0.25) is 0 Å². The van der Waals surface area contributed by atoms with Crippen molar-refractivity contribution in [3.8, 4) is 0 Å². The molecule has 0 aliphatic carbocycles. The molecule has 1 unspecified atom stereocenters. The number of rotatable bonds is 4. The van der Waals surface area contributed by atoms with E-state index in [4.69, 9.17) is 0 Å². The van der Waals surface area contributed by atoms with E-state index >= 15 is 0 Å². The summed E-state index contributed by atoms with van der Waals surface area (Å²) < 4.78 is 13.8. The van der Waals surface area contributed by atoms with Gasteiger partial charge in [-0.2, -0.15) is 4.98 Å². The fraction of sp³-hybridized carbons (Fsp3) is 0.692. The number of hydrogen-bond donors (Lipinski definition) is 1. The standard InChI is InChI=1S/C13H21FN4/c1-3-10-6-5-7-18(9-10)12-11(14)8-16-13(17-12)15-4-2/h8,10H,3-7,9H2,1-2H3,(H,15,16,17). The summed E-state index contributed by atoms with van der Waals surface area (Å²) >= 11 is 0. The fourth-order valence-corrected chi connectivity index (χ4v) is 2.41. The minimum absolute atomic E-state index is 0.326. The van der Waals surface area contributed by atoms with Crippen LogP contribution in [0.4, 0.5) is 16.2 Å². The summed E-state index contributed by atoms with van der Waals surface area (Å²) in [6.45, 7) is 6.68. The van der Waals surface area contributed by atoms with Crippen LogP contribution >= 0.6 is 0 Å². The molecule has 1 aliphatic rings. The van der Waals surface area contributed by atoms with E-state index in [2.05, 4.69) is 27.1 Å². The monoisotopic (exact) mass is 252 g/mol. The zero-order valence-corrected chi connectivity index (χ0v) is 11.1. The normalized spacial score (nSPS) is 19.9. The van der Waals surface area contributed by atoms with Gasteiger partial charge in [-0.1, -0.05) is 13.3 Å². The van der Waals surface area contributed by atoms with Crippen molar-refractivity contribution < 1.29 is 4.39 Å². The average Bonchev–Trinajstić information content (AvgIpc) is 2.41. The van der Waals surface area contributed by atoms with E-state index in [1.807, 2.05) is 6.92 Å². The van der Waals surface area contributed by atoms with Gasteiger partial charge in [0, 0.05) is 19.6 Å². The second kappa shape index (κ2) is 5.98. The summed E-state index contributed by atoms with van der Waals surface area (Å²) in [6.07, 6.45) is 4.75. The predicted octanol–water partition coefficient (Wildman–Crippen LogP) is 2.67. The third-order valence-corrected chi connectivity index (χ3v) is 3.46. The van der Waals surface area contributed by atoms with Crippen LogP contribution in [-0.2, 0) is 0 Å². The average molecular weight is 252 g/mol. The molecule has 5 heteroatoms. The molecule has 100 valence electrons. The Morgan fingerprint density at radius 2 is 2.33 bits per heavy atom. The lowest BCUT2D eigenvalue weighted by atomic mass is 9.96. The van der Waals surface area contributed by atoms with Crippen molar-refractivity contribution in [2.24, 2.45) is 5.92 Å². The maximum absolute atomic E-state index is 13.8. The Balaban J connectivity index is 2.17. The Hall–Kier alpha value is -1.39. The van der Waals surface area contributed by atoms with Crippen LogP contribution in [0.25, 0.3) is 0 Å². The zero-order valence-electron chi connectivity index (χ0n) is 11.1. The maximum atomic E-state index is 13.8. The van der Waals surface area contributed by atoms with E-state index in [0.717, 1.165) is 32.5 Å². The van der Waals surface area contributed by atoms with Crippen LogP contribution in [0.1, 0.15) is 33.1 Å². The number of aromatic nitrogens is 2. The van der Waals surface area contributed by atoms with Crippen molar-refractivity contribution in [3.05, 3.63) is 12.0 Å². The highest BCUT2D eigenvalue weighted by molar-refractivity contribution is 5.44. The molecule has 0 amide bonds. The number of hydrogen-bond acceptors (Lipinski definition) is 4. The van der Waals surface area contributed by atoms with Crippen molar-refractivity contribution in [1.82, 2.24) is 9.97 Å². The van der Waals surface area contributed by atoms with Gasteiger partial charge in [0.05, 0.1) is 6.20 Å². The largest absolute Gasteiger partial charge is 0.354 e. The fourth-order valence-electron chi connectivity index (χ4n) is 2.41. The summed E-state index contributed by atoms with van der Waals surface area (Å²) in [5.74, 6) is 1.27. The first-order valence-corrected chi connectivity index (χ1v) is 6.76. The van der Waals surface area contributed by atoms with Crippen molar-refractivity contribution in [2.45, 2.75) is 33.1 Å². The molecule has 1 aromatic rings. The summed E-state index contributed by atoms with van der Waals surface area (Å²) in [6, 6.07) is 0. The lowest BCUT2D eigenvalue weighted by Crippen LogP contribution is -2.36. The van der Waals surface area contributed by atoms with Crippen LogP contribution in [0.3, 0.4) is 0 Å². The van der Waals surface area contributed by atoms with Gasteiger partial charge in [-0.15, -0.1) is 0 Å². The Morgan fingerprint density at radius 1 is 1.50 bits per heavy atom. The van der Waals surface area contributed by atoms with E-state index in [1.54, 1.807) is 0 Å². The molecule has 0 saturated carbocycles. The highest BCUT2D eigenvalue weighted by Crippen LogP contribution is 2.25. The van der Waals surface area contributed by atoms with E-state index in [0.29, 0.717) is 17.7 Å². The topological polar surface area (TPSA) is 41.1 Å². The second-order valence-corrected chi connectivity index (χ2v) is 4.76. The van der Waals surface area contributed by atoms with Crippen LogP contribution in [0.2, 0.25) is 0 Å². The first kappa shape index (κ1) is 13.1. The quantitative estimate of drug-likeness (QED) is 0.894. The highest BCUT2D eigenvalue weighted by Gasteiger charge is 2.22. The smallest absolute Gasteiger partial charge is 0.224 e. The minimum Gasteiger partial charge on any atom is -0.354 e. The van der Waals surface area contributed by atoms with Gasteiger partial charge < -0.3 is 10.2 Å². The molecule has 1 aromatic heterocycles. The molecule has 0 spiro atoms. The molecule has 1 aliphatic heterocycles. The van der Waals surface area contributed by atoms with Gasteiger partial charge in [0.2, 0.25) is 5.95 Å². The molecule has 0 radical (unpaired) electrons. The minimum atomic E-state index is -0.326. The summed E-state index contributed by atoms with van der Waals surface area (Å²) in [5, 5.41) is 3.02. The van der Waals surface area contributed by atoms with E-state index in [-0.39, 0.29) is 5.82 Å². The van der Waals surface area contributed by atoms with Gasteiger partial charge in [0.15, 0.2) is 11.6 Å². The number of anilines is 2. The van der Waals surface area contributed by atoms with Crippen molar-refractivity contribution in [3.63, 3.8) is 0 Å². The zero-order chi connectivity index (χ0) is 13.0. The van der Waals surface area contributed by atoms with Crippen molar-refractivity contribution in [1.29, 1.82) is 0 Å². The van der Waals surface area contributed by atoms with Gasteiger partial charge in [0.1, 0.15) is 0 Å². The molecule has 2 rings (SSSR count). The summed E-state index contributed by atoms with van der Waals surface area (Å²) in [5.41, 5.74) is 0. The van der Waals surface area contributed by atoms with Gasteiger partial charge in [-0.25, -0.2) is 9.37 Å². The van der Waals surface area contributed by atoms with E-state index < -0.39 is 0 Å². The lowest BCUT2D eigenvalue weighted by Gasteiger charge is -2.33. The summed E-state index contributed by atoms with van der Waals surface area (Å²) in [7, 11) is 0. The van der Waals surface area contributed by atoms with Crippen LogP contribution < -0.4 is 10.2 Å². The molecule has 1 fully saturated rings. The van der Waals surface area contributed by atoms with E-state index in [9.17, 15) is 4.39 Å². The number of nitrogens with one attached hydrogen (secondary N) is 1. The molecule has 1 saturated heterocycles. The summed E-state index contributed by atoms with van der Waals surface area (Å²) in [4.78, 5) is 10.3. The Kier molecular flexibility index (Phi) is 4.33. The second-order valence-electron chi connectivity index (χ2n) is 4.76. The predicted molar refractivity (Wildman–Crippen MR) is 71.4 cm³/mol. The molecule has 4 nitrogen and oxygen atoms in total. The van der Waals surface area contributed by atoms with E-state index in [1.165, 1.54) is 12.6 Å². The van der Waals surface area contributed by atoms with Crippen LogP contribution in [-0.4, -0.2) is 29.6 Å². The first-order chi connectivity index (χ1) is 8.74. The molecular formula is C13H21FN4. The van der Waals surface area contributed by atoms with Crippen LogP contribution in [0, 0.1) is 11.7 Å². The number of halogens is 1. The van der Waals surface area contributed by atoms with Gasteiger partial charge in [-0.05, 0) is 25.7 Å². The van der Waals surface area contributed by atoms with Crippen molar-refractivity contribution in [2.75, 3.05) is 29.9 Å². The SMILES string of the molecule is CCNc1ncc(F)c(N2CCCC(CC)C2)n1. The Bertz CT molecular complexity index is 397. The lowest BCUT2D eigenvalue weighted by molar-refractivity contribution is 0.399. The first-order valence-electron chi connectivity index (χ1n) is 6.76. The third-order valence-electron chi connectivity index (χ3n) is 3.46. The molecule has 2 heterocycles. The molecule has 1 N–H and O–H groups in total. The molecule has 0 bridgehead atoms. The molecular weight excluding hydrogens is 231 g/mol. The highest BCUT2D eigenvalue weighted by atomic mass is 19.1. The number of piperidine rings is 1.